The summed E-state index contributed by atoms with van der Waals surface area (Å²) in [4.78, 5) is 26.3. The summed E-state index contributed by atoms with van der Waals surface area (Å²) in [7, 11) is 0. The van der Waals surface area contributed by atoms with Gasteiger partial charge in [0.15, 0.2) is 0 Å². The number of rotatable bonds is 4. The van der Waals surface area contributed by atoms with Gasteiger partial charge in [-0.05, 0) is 64.8 Å². The Kier molecular flexibility index (Phi) is 5.70. The molecule has 1 aromatic rings. The van der Waals surface area contributed by atoms with Crippen molar-refractivity contribution in [3.8, 4) is 5.75 Å². The predicted molar refractivity (Wildman–Crippen MR) is 92.2 cm³/mol. The third-order valence-electron chi connectivity index (χ3n) is 3.62. The van der Waals surface area contributed by atoms with Crippen LogP contribution in [0.4, 0.5) is 10.5 Å². The minimum Gasteiger partial charge on any atom is -0.494 e. The van der Waals surface area contributed by atoms with Gasteiger partial charge in [-0.3, -0.25) is 9.69 Å². The van der Waals surface area contributed by atoms with Crippen molar-refractivity contribution >= 4 is 17.7 Å². The Morgan fingerprint density at radius 3 is 2.50 bits per heavy atom. The fourth-order valence-corrected chi connectivity index (χ4v) is 2.61. The lowest BCUT2D eigenvalue weighted by Gasteiger charge is -2.28. The molecule has 0 radical (unpaired) electrons. The van der Waals surface area contributed by atoms with Gasteiger partial charge in [0.1, 0.15) is 17.4 Å². The highest BCUT2D eigenvalue weighted by Gasteiger charge is 2.36. The van der Waals surface area contributed by atoms with Crippen LogP contribution in [0, 0.1) is 0 Å². The largest absolute Gasteiger partial charge is 0.494 e. The molecule has 6 nitrogen and oxygen atoms in total. The van der Waals surface area contributed by atoms with Gasteiger partial charge in [0, 0.05) is 12.2 Å². The van der Waals surface area contributed by atoms with Gasteiger partial charge in [-0.15, -0.1) is 0 Å². The number of anilines is 1. The summed E-state index contributed by atoms with van der Waals surface area (Å²) in [6, 6.07) is 6.69. The number of likely N-dealkylation sites (tertiary alicyclic amines) is 1. The van der Waals surface area contributed by atoms with Crippen LogP contribution in [0.2, 0.25) is 0 Å². The second-order valence-electron chi connectivity index (χ2n) is 6.78. The SMILES string of the molecule is CCOc1ccc(NC(=O)C2CCCN2C(=O)OC(C)(C)C)cc1. The summed E-state index contributed by atoms with van der Waals surface area (Å²) in [5.41, 5.74) is 0.106. The van der Waals surface area contributed by atoms with Crippen molar-refractivity contribution in [3.63, 3.8) is 0 Å². The average Bonchev–Trinajstić information content (AvgIpc) is 2.97. The number of hydrogen-bond donors (Lipinski definition) is 1. The molecule has 0 spiro atoms. The molecule has 1 atom stereocenters. The molecule has 1 aliphatic rings. The normalized spacial score (nSPS) is 17.5. The molecule has 1 N–H and O–H groups in total. The topological polar surface area (TPSA) is 67.9 Å². The Balaban J connectivity index is 1.98. The van der Waals surface area contributed by atoms with Gasteiger partial charge in [-0.25, -0.2) is 4.79 Å². The van der Waals surface area contributed by atoms with Crippen molar-refractivity contribution in [3.05, 3.63) is 24.3 Å². The van der Waals surface area contributed by atoms with Crippen molar-refractivity contribution in [2.75, 3.05) is 18.5 Å². The lowest BCUT2D eigenvalue weighted by molar-refractivity contribution is -0.120. The van der Waals surface area contributed by atoms with Crippen LogP contribution in [0.15, 0.2) is 24.3 Å². The Labute approximate surface area is 143 Å². The fourth-order valence-electron chi connectivity index (χ4n) is 2.61. The van der Waals surface area contributed by atoms with Gasteiger partial charge in [0.25, 0.3) is 0 Å². The first-order valence-corrected chi connectivity index (χ1v) is 8.33. The fraction of sp³-hybridized carbons (Fsp3) is 0.556. The molecule has 1 aromatic carbocycles. The molecular formula is C18H26N2O4. The van der Waals surface area contributed by atoms with E-state index in [1.54, 1.807) is 24.3 Å². The van der Waals surface area contributed by atoms with Crippen molar-refractivity contribution in [2.45, 2.75) is 52.2 Å². The van der Waals surface area contributed by atoms with E-state index in [0.29, 0.717) is 25.3 Å². The van der Waals surface area contributed by atoms with Crippen molar-refractivity contribution in [1.82, 2.24) is 4.90 Å². The van der Waals surface area contributed by atoms with Crippen LogP contribution >= 0.6 is 0 Å². The van der Waals surface area contributed by atoms with Crippen LogP contribution in [-0.4, -0.2) is 41.7 Å². The van der Waals surface area contributed by atoms with E-state index in [2.05, 4.69) is 5.32 Å². The van der Waals surface area contributed by atoms with Crippen molar-refractivity contribution < 1.29 is 19.1 Å². The van der Waals surface area contributed by atoms with E-state index >= 15 is 0 Å². The molecule has 2 rings (SSSR count). The highest BCUT2D eigenvalue weighted by molar-refractivity contribution is 5.96. The summed E-state index contributed by atoms with van der Waals surface area (Å²) >= 11 is 0. The number of nitrogens with zero attached hydrogens (tertiary/aromatic N) is 1. The zero-order chi connectivity index (χ0) is 17.7. The summed E-state index contributed by atoms with van der Waals surface area (Å²) in [6.45, 7) is 8.50. The lowest BCUT2D eigenvalue weighted by Crippen LogP contribution is -2.45. The second kappa shape index (κ2) is 7.55. The third-order valence-corrected chi connectivity index (χ3v) is 3.62. The number of benzene rings is 1. The number of hydrogen-bond acceptors (Lipinski definition) is 4. The molecule has 0 aliphatic carbocycles. The highest BCUT2D eigenvalue weighted by atomic mass is 16.6. The quantitative estimate of drug-likeness (QED) is 0.916. The van der Waals surface area contributed by atoms with E-state index in [0.717, 1.165) is 12.2 Å². The summed E-state index contributed by atoms with van der Waals surface area (Å²) in [5.74, 6) is 0.564. The number of ether oxygens (including phenoxy) is 2. The molecule has 1 fully saturated rings. The monoisotopic (exact) mass is 334 g/mol. The first-order chi connectivity index (χ1) is 11.3. The standard InChI is InChI=1S/C18H26N2O4/c1-5-23-14-10-8-13(9-11-14)19-16(21)15-7-6-12-20(15)17(22)24-18(2,3)4/h8-11,15H,5-7,12H2,1-4H3,(H,19,21). The molecule has 24 heavy (non-hydrogen) atoms. The molecule has 0 saturated carbocycles. The predicted octanol–water partition coefficient (Wildman–Crippen LogP) is 3.42. The first kappa shape index (κ1) is 18.1. The molecular weight excluding hydrogens is 308 g/mol. The van der Waals surface area contributed by atoms with E-state index < -0.39 is 17.7 Å². The molecule has 2 amide bonds. The van der Waals surface area contributed by atoms with Crippen LogP contribution in [0.25, 0.3) is 0 Å². The molecule has 0 aromatic heterocycles. The Morgan fingerprint density at radius 1 is 1.25 bits per heavy atom. The molecule has 132 valence electrons. The molecule has 1 heterocycles. The number of carbonyl (C=O) groups excluding carboxylic acids is 2. The lowest BCUT2D eigenvalue weighted by atomic mass is 10.2. The van der Waals surface area contributed by atoms with Gasteiger partial charge in [-0.1, -0.05) is 0 Å². The Hall–Kier alpha value is -2.24. The van der Waals surface area contributed by atoms with Gasteiger partial charge >= 0.3 is 6.09 Å². The van der Waals surface area contributed by atoms with Crippen LogP contribution < -0.4 is 10.1 Å². The highest BCUT2D eigenvalue weighted by Crippen LogP contribution is 2.23. The maximum absolute atomic E-state index is 12.5. The van der Waals surface area contributed by atoms with Gasteiger partial charge in [0.2, 0.25) is 5.91 Å². The van der Waals surface area contributed by atoms with Gasteiger partial charge < -0.3 is 14.8 Å². The van der Waals surface area contributed by atoms with Crippen molar-refractivity contribution in [1.29, 1.82) is 0 Å². The summed E-state index contributed by atoms with van der Waals surface area (Å²) in [5, 5.41) is 2.86. The maximum atomic E-state index is 12.5. The molecule has 1 aliphatic heterocycles. The Bertz CT molecular complexity index is 578. The number of nitrogens with one attached hydrogen (secondary N) is 1. The van der Waals surface area contributed by atoms with Crippen molar-refractivity contribution in [2.24, 2.45) is 0 Å². The van der Waals surface area contributed by atoms with E-state index in [1.165, 1.54) is 4.90 Å². The molecule has 1 saturated heterocycles. The third kappa shape index (κ3) is 4.88. The van der Waals surface area contributed by atoms with Crippen LogP contribution in [-0.2, 0) is 9.53 Å². The van der Waals surface area contributed by atoms with Gasteiger partial charge in [-0.2, -0.15) is 0 Å². The van der Waals surface area contributed by atoms with E-state index in [1.807, 2.05) is 27.7 Å². The maximum Gasteiger partial charge on any atom is 0.410 e. The second-order valence-corrected chi connectivity index (χ2v) is 6.78. The van der Waals surface area contributed by atoms with Crippen LogP contribution in [0.5, 0.6) is 5.75 Å². The minimum absolute atomic E-state index is 0.192. The zero-order valence-electron chi connectivity index (χ0n) is 14.8. The van der Waals surface area contributed by atoms with Crippen LogP contribution in [0.3, 0.4) is 0 Å². The molecule has 1 unspecified atom stereocenters. The van der Waals surface area contributed by atoms with E-state index in [9.17, 15) is 9.59 Å². The average molecular weight is 334 g/mol. The minimum atomic E-state index is -0.574. The molecule has 6 heteroatoms. The Morgan fingerprint density at radius 2 is 1.92 bits per heavy atom. The first-order valence-electron chi connectivity index (χ1n) is 8.33. The van der Waals surface area contributed by atoms with Crippen LogP contribution in [0.1, 0.15) is 40.5 Å². The smallest absolute Gasteiger partial charge is 0.410 e. The number of amides is 2. The van der Waals surface area contributed by atoms with E-state index in [-0.39, 0.29) is 5.91 Å². The molecule has 0 bridgehead atoms. The zero-order valence-corrected chi connectivity index (χ0v) is 14.8. The van der Waals surface area contributed by atoms with E-state index in [4.69, 9.17) is 9.47 Å². The summed E-state index contributed by atoms with van der Waals surface area (Å²) < 4.78 is 10.8. The number of carbonyl (C=O) groups is 2. The van der Waals surface area contributed by atoms with Gasteiger partial charge in [0.05, 0.1) is 6.61 Å². The summed E-state index contributed by atoms with van der Waals surface area (Å²) in [6.07, 6.45) is 0.995.